The zero-order chi connectivity index (χ0) is 17.9. The number of fused-ring (bicyclic) bond motifs is 1. The van der Waals surface area contributed by atoms with E-state index in [9.17, 15) is 4.39 Å². The lowest BCUT2D eigenvalue weighted by atomic mass is 10.2. The SMILES string of the molecule is COOSc1ccc2c(c1)cc(-c1nnco1)n2Cc1ccc(F)cc1. The molecule has 26 heavy (non-hydrogen) atoms. The Morgan fingerprint density at radius 2 is 2.00 bits per heavy atom. The van der Waals surface area contributed by atoms with Crippen LogP contribution in [0.25, 0.3) is 22.5 Å². The van der Waals surface area contributed by atoms with Gasteiger partial charge in [0.05, 0.1) is 19.2 Å². The summed E-state index contributed by atoms with van der Waals surface area (Å²) in [4.78, 5) is 5.53. The van der Waals surface area contributed by atoms with Gasteiger partial charge in [-0.25, -0.2) is 9.28 Å². The van der Waals surface area contributed by atoms with Gasteiger partial charge in [0.25, 0.3) is 5.89 Å². The first kappa shape index (κ1) is 16.8. The van der Waals surface area contributed by atoms with Gasteiger partial charge in [0.2, 0.25) is 6.39 Å². The third-order valence-corrected chi connectivity index (χ3v) is 4.55. The Kier molecular flexibility index (Phi) is 4.70. The lowest BCUT2D eigenvalue weighted by Crippen LogP contribution is -2.02. The maximum Gasteiger partial charge on any atom is 0.264 e. The normalized spacial score (nSPS) is 11.3. The van der Waals surface area contributed by atoms with Gasteiger partial charge in [-0.15, -0.1) is 10.2 Å². The van der Waals surface area contributed by atoms with Crippen LogP contribution in [0, 0.1) is 5.82 Å². The van der Waals surface area contributed by atoms with Gasteiger partial charge < -0.3 is 8.98 Å². The second kappa shape index (κ2) is 7.28. The van der Waals surface area contributed by atoms with E-state index in [0.29, 0.717) is 12.4 Å². The van der Waals surface area contributed by atoms with Crippen molar-refractivity contribution in [3.8, 4) is 11.6 Å². The average molecular weight is 371 g/mol. The van der Waals surface area contributed by atoms with Crippen molar-refractivity contribution in [2.45, 2.75) is 11.4 Å². The molecule has 0 saturated carbocycles. The number of nitrogens with zero attached hydrogens (tertiary/aromatic N) is 3. The van der Waals surface area contributed by atoms with Crippen molar-refractivity contribution >= 4 is 22.9 Å². The second-order valence-electron chi connectivity index (χ2n) is 5.52. The van der Waals surface area contributed by atoms with E-state index in [1.54, 1.807) is 12.1 Å². The first-order chi connectivity index (χ1) is 12.7. The quantitative estimate of drug-likeness (QED) is 0.283. The van der Waals surface area contributed by atoms with Gasteiger partial charge in [-0.3, -0.25) is 0 Å². The van der Waals surface area contributed by atoms with Gasteiger partial charge >= 0.3 is 0 Å². The lowest BCUT2D eigenvalue weighted by molar-refractivity contribution is -0.160. The molecular formula is C18H14FN3O3S. The molecule has 6 nitrogen and oxygen atoms in total. The molecule has 132 valence electrons. The highest BCUT2D eigenvalue weighted by atomic mass is 32.2. The Morgan fingerprint density at radius 3 is 2.73 bits per heavy atom. The third kappa shape index (κ3) is 3.34. The van der Waals surface area contributed by atoms with Crippen LogP contribution in [-0.2, 0) is 15.8 Å². The Morgan fingerprint density at radius 1 is 1.15 bits per heavy atom. The minimum atomic E-state index is -0.261. The van der Waals surface area contributed by atoms with E-state index >= 15 is 0 Å². The Hall–Kier alpha value is -2.68. The summed E-state index contributed by atoms with van der Waals surface area (Å²) in [7, 11) is 1.46. The van der Waals surface area contributed by atoms with Crippen LogP contribution in [0.1, 0.15) is 5.56 Å². The van der Waals surface area contributed by atoms with E-state index in [0.717, 1.165) is 39.1 Å². The molecule has 0 bridgehead atoms. The van der Waals surface area contributed by atoms with Crippen LogP contribution in [-0.4, -0.2) is 21.9 Å². The van der Waals surface area contributed by atoms with E-state index in [1.165, 1.54) is 25.6 Å². The van der Waals surface area contributed by atoms with Crippen LogP contribution >= 0.6 is 12.0 Å². The van der Waals surface area contributed by atoms with Crippen molar-refractivity contribution in [1.29, 1.82) is 0 Å². The van der Waals surface area contributed by atoms with Crippen molar-refractivity contribution in [2.75, 3.05) is 7.11 Å². The van der Waals surface area contributed by atoms with Crippen molar-refractivity contribution in [1.82, 2.24) is 14.8 Å². The summed E-state index contributed by atoms with van der Waals surface area (Å²) >= 11 is 1.13. The summed E-state index contributed by atoms with van der Waals surface area (Å²) in [5.41, 5.74) is 2.74. The molecule has 0 saturated heterocycles. The lowest BCUT2D eigenvalue weighted by Gasteiger charge is -2.09. The summed E-state index contributed by atoms with van der Waals surface area (Å²) in [5.74, 6) is 0.161. The topological polar surface area (TPSA) is 62.3 Å². The van der Waals surface area contributed by atoms with E-state index in [-0.39, 0.29) is 5.82 Å². The molecule has 0 fully saturated rings. The smallest absolute Gasteiger partial charge is 0.264 e. The molecule has 0 atom stereocenters. The van der Waals surface area contributed by atoms with E-state index < -0.39 is 0 Å². The Bertz CT molecular complexity index is 1020. The monoisotopic (exact) mass is 371 g/mol. The van der Waals surface area contributed by atoms with Crippen LogP contribution in [0.3, 0.4) is 0 Å². The maximum atomic E-state index is 13.2. The zero-order valence-electron chi connectivity index (χ0n) is 13.8. The number of aromatic nitrogens is 3. The van der Waals surface area contributed by atoms with Gasteiger partial charge in [-0.1, -0.05) is 12.1 Å². The van der Waals surface area contributed by atoms with Crippen LogP contribution in [0.2, 0.25) is 0 Å². The second-order valence-corrected chi connectivity index (χ2v) is 6.30. The van der Waals surface area contributed by atoms with Gasteiger partial charge in [-0.05, 0) is 42.0 Å². The summed E-state index contributed by atoms with van der Waals surface area (Å²) < 4.78 is 25.6. The number of rotatable bonds is 6. The molecule has 0 amide bonds. The van der Waals surface area contributed by atoms with E-state index in [2.05, 4.69) is 19.7 Å². The van der Waals surface area contributed by atoms with Gasteiger partial charge in [0.15, 0.2) is 0 Å². The summed E-state index contributed by atoms with van der Waals surface area (Å²) in [6.45, 7) is 0.544. The molecule has 0 unspecified atom stereocenters. The number of halogens is 1. The fraction of sp³-hybridized carbons (Fsp3) is 0.111. The van der Waals surface area contributed by atoms with E-state index in [1.807, 2.05) is 24.3 Å². The molecule has 0 spiro atoms. The maximum absolute atomic E-state index is 13.2. The molecule has 2 aromatic carbocycles. The Balaban J connectivity index is 1.79. The number of hydrogen-bond donors (Lipinski definition) is 0. The van der Waals surface area contributed by atoms with Crippen molar-refractivity contribution in [3.05, 3.63) is 66.3 Å². The average Bonchev–Trinajstić information content (AvgIpc) is 3.30. The number of hydrogen-bond acceptors (Lipinski definition) is 6. The molecule has 4 aromatic rings. The molecule has 0 radical (unpaired) electrons. The molecular weight excluding hydrogens is 357 g/mol. The Labute approximate surface area is 152 Å². The fourth-order valence-electron chi connectivity index (χ4n) is 2.78. The standard InChI is InChI=1S/C18H14FN3O3S/c1-23-25-26-15-6-7-16-13(8-15)9-17(18-21-20-11-24-18)22(16)10-12-2-4-14(19)5-3-12/h2-9,11H,10H2,1H3. The highest BCUT2D eigenvalue weighted by molar-refractivity contribution is 7.94. The molecule has 0 aliphatic heterocycles. The van der Waals surface area contributed by atoms with Gasteiger partial charge in [-0.2, -0.15) is 4.33 Å². The highest BCUT2D eigenvalue weighted by Crippen LogP contribution is 2.31. The van der Waals surface area contributed by atoms with Crippen LogP contribution in [0.4, 0.5) is 4.39 Å². The molecule has 2 aromatic heterocycles. The van der Waals surface area contributed by atoms with E-state index in [4.69, 9.17) is 8.75 Å². The molecule has 0 aliphatic carbocycles. The minimum absolute atomic E-state index is 0.261. The molecule has 2 heterocycles. The minimum Gasteiger partial charge on any atom is -0.422 e. The van der Waals surface area contributed by atoms with Crippen LogP contribution < -0.4 is 0 Å². The third-order valence-electron chi connectivity index (χ3n) is 3.90. The molecule has 0 N–H and O–H groups in total. The van der Waals surface area contributed by atoms with Crippen molar-refractivity contribution in [2.24, 2.45) is 0 Å². The number of benzene rings is 2. The van der Waals surface area contributed by atoms with Gasteiger partial charge in [0.1, 0.15) is 11.5 Å². The first-order valence-corrected chi connectivity index (χ1v) is 8.50. The fourth-order valence-corrected chi connectivity index (χ4v) is 3.22. The molecule has 8 heteroatoms. The largest absolute Gasteiger partial charge is 0.422 e. The predicted octanol–water partition coefficient (Wildman–Crippen LogP) is 4.46. The predicted molar refractivity (Wildman–Crippen MR) is 94.7 cm³/mol. The molecule has 0 aliphatic rings. The summed E-state index contributed by atoms with van der Waals surface area (Å²) in [6, 6.07) is 14.3. The molecule has 4 rings (SSSR count). The van der Waals surface area contributed by atoms with Crippen LogP contribution in [0.5, 0.6) is 0 Å². The first-order valence-electron chi connectivity index (χ1n) is 7.76. The highest BCUT2D eigenvalue weighted by Gasteiger charge is 2.15. The van der Waals surface area contributed by atoms with Crippen molar-refractivity contribution < 1.29 is 18.0 Å². The zero-order valence-corrected chi connectivity index (χ0v) is 14.6. The summed E-state index contributed by atoms with van der Waals surface area (Å²) in [5, 5.41) is 8.78. The van der Waals surface area contributed by atoms with Crippen molar-refractivity contribution in [3.63, 3.8) is 0 Å². The van der Waals surface area contributed by atoms with Crippen LogP contribution in [0.15, 0.2) is 64.2 Å². The van der Waals surface area contributed by atoms with Gasteiger partial charge in [0, 0.05) is 22.3 Å². The summed E-state index contributed by atoms with van der Waals surface area (Å²) in [6.07, 6.45) is 1.29.